The van der Waals surface area contributed by atoms with Crippen molar-refractivity contribution >= 4 is 17.3 Å². The van der Waals surface area contributed by atoms with Crippen molar-refractivity contribution in [2.75, 3.05) is 17.2 Å². The molecule has 1 aromatic carbocycles. The molecule has 0 saturated heterocycles. The molecule has 0 radical (unpaired) electrons. The van der Waals surface area contributed by atoms with Gasteiger partial charge in [-0.15, -0.1) is 0 Å². The van der Waals surface area contributed by atoms with Crippen LogP contribution in [0.2, 0.25) is 0 Å². The molecule has 1 saturated carbocycles. The maximum Gasteiger partial charge on any atom is 0.227 e. The summed E-state index contributed by atoms with van der Waals surface area (Å²) in [4.78, 5) is 14.4. The summed E-state index contributed by atoms with van der Waals surface area (Å²) in [6, 6.07) is 7.58. The maximum atomic E-state index is 12.5. The van der Waals surface area contributed by atoms with E-state index in [0.717, 1.165) is 17.9 Å². The normalized spacial score (nSPS) is 16.6. The van der Waals surface area contributed by atoms with E-state index < -0.39 is 0 Å². The van der Waals surface area contributed by atoms with Crippen LogP contribution in [0.4, 0.5) is 11.4 Å². The number of nitrogens with zero attached hydrogens (tertiary/aromatic N) is 1. The number of hydrogen-bond acceptors (Lipinski definition) is 2. The Hall–Kier alpha value is -1.51. The van der Waals surface area contributed by atoms with Crippen LogP contribution in [0.3, 0.4) is 0 Å². The van der Waals surface area contributed by atoms with E-state index in [-0.39, 0.29) is 5.91 Å². The highest BCUT2D eigenvalue weighted by molar-refractivity contribution is 5.93. The summed E-state index contributed by atoms with van der Waals surface area (Å²) in [6.45, 7) is 2.75. The lowest BCUT2D eigenvalue weighted by molar-refractivity contribution is -0.119. The molecule has 0 heterocycles. The number of benzene rings is 1. The summed E-state index contributed by atoms with van der Waals surface area (Å²) in [5, 5.41) is 0. The Bertz CT molecular complexity index is 419. The second kappa shape index (κ2) is 7.32. The first-order valence-corrected chi connectivity index (χ1v) is 7.86. The number of carbonyl (C=O) groups is 1. The number of anilines is 2. The number of amides is 1. The molecule has 1 fully saturated rings. The van der Waals surface area contributed by atoms with E-state index >= 15 is 0 Å². The summed E-state index contributed by atoms with van der Waals surface area (Å²) in [7, 11) is 0. The standard InChI is InChI=1S/C17H26N2O/c1-2-19(16-11-9-15(18)10-12-16)17(20)13-14-7-5-3-4-6-8-14/h9-12,14H,2-8,13,18H2,1H3. The summed E-state index contributed by atoms with van der Waals surface area (Å²) in [5.41, 5.74) is 7.40. The van der Waals surface area contributed by atoms with E-state index in [9.17, 15) is 4.79 Å². The fraction of sp³-hybridized carbons (Fsp3) is 0.588. The molecule has 0 aromatic heterocycles. The Labute approximate surface area is 122 Å². The van der Waals surface area contributed by atoms with Crippen LogP contribution in [0, 0.1) is 5.92 Å². The molecule has 1 aliphatic rings. The minimum Gasteiger partial charge on any atom is -0.399 e. The highest BCUT2D eigenvalue weighted by Gasteiger charge is 2.20. The number of hydrogen-bond donors (Lipinski definition) is 1. The Kier molecular flexibility index (Phi) is 5.45. The zero-order valence-corrected chi connectivity index (χ0v) is 12.5. The number of rotatable bonds is 4. The fourth-order valence-corrected chi connectivity index (χ4v) is 3.08. The first kappa shape index (κ1) is 14.9. The smallest absolute Gasteiger partial charge is 0.227 e. The van der Waals surface area contributed by atoms with Crippen molar-refractivity contribution in [2.45, 2.75) is 51.9 Å². The largest absolute Gasteiger partial charge is 0.399 e. The van der Waals surface area contributed by atoms with Crippen LogP contribution in [-0.2, 0) is 4.79 Å². The van der Waals surface area contributed by atoms with Gasteiger partial charge in [0.15, 0.2) is 0 Å². The first-order valence-electron chi connectivity index (χ1n) is 7.86. The molecule has 1 aromatic rings. The van der Waals surface area contributed by atoms with Gasteiger partial charge >= 0.3 is 0 Å². The molecule has 3 nitrogen and oxygen atoms in total. The predicted octanol–water partition coefficient (Wildman–Crippen LogP) is 3.98. The molecule has 0 aliphatic heterocycles. The van der Waals surface area contributed by atoms with Crippen LogP contribution in [0.5, 0.6) is 0 Å². The van der Waals surface area contributed by atoms with Crippen LogP contribution in [-0.4, -0.2) is 12.5 Å². The third-order valence-electron chi connectivity index (χ3n) is 4.26. The van der Waals surface area contributed by atoms with Gasteiger partial charge in [-0.2, -0.15) is 0 Å². The van der Waals surface area contributed by atoms with Gasteiger partial charge in [0, 0.05) is 24.3 Å². The lowest BCUT2D eigenvalue weighted by atomic mass is 9.96. The molecule has 0 bridgehead atoms. The van der Waals surface area contributed by atoms with Crippen molar-refractivity contribution in [3.05, 3.63) is 24.3 Å². The quantitative estimate of drug-likeness (QED) is 0.666. The van der Waals surface area contributed by atoms with Crippen molar-refractivity contribution in [1.29, 1.82) is 0 Å². The van der Waals surface area contributed by atoms with Crippen molar-refractivity contribution in [1.82, 2.24) is 0 Å². The minimum atomic E-state index is 0.254. The molecule has 0 spiro atoms. The Morgan fingerprint density at radius 3 is 2.30 bits per heavy atom. The predicted molar refractivity (Wildman–Crippen MR) is 84.7 cm³/mol. The zero-order chi connectivity index (χ0) is 14.4. The van der Waals surface area contributed by atoms with Crippen molar-refractivity contribution in [3.63, 3.8) is 0 Å². The van der Waals surface area contributed by atoms with Gasteiger partial charge in [-0.1, -0.05) is 25.7 Å². The van der Waals surface area contributed by atoms with Gasteiger partial charge in [-0.05, 0) is 49.9 Å². The number of carbonyl (C=O) groups excluding carboxylic acids is 1. The van der Waals surface area contributed by atoms with E-state index in [1.165, 1.54) is 38.5 Å². The number of nitrogens with two attached hydrogens (primary N) is 1. The SMILES string of the molecule is CCN(C(=O)CC1CCCCCC1)c1ccc(N)cc1. The molecule has 2 rings (SSSR count). The van der Waals surface area contributed by atoms with E-state index in [0.29, 0.717) is 12.3 Å². The molecule has 110 valence electrons. The minimum absolute atomic E-state index is 0.254. The lowest BCUT2D eigenvalue weighted by Gasteiger charge is -2.24. The van der Waals surface area contributed by atoms with Crippen LogP contribution in [0.15, 0.2) is 24.3 Å². The Balaban J connectivity index is 1.99. The second-order valence-electron chi connectivity index (χ2n) is 5.79. The first-order chi connectivity index (χ1) is 9.70. The molecule has 1 aliphatic carbocycles. The molecule has 2 N–H and O–H groups in total. The van der Waals surface area contributed by atoms with Crippen molar-refractivity contribution < 1.29 is 4.79 Å². The van der Waals surface area contributed by atoms with Crippen LogP contribution >= 0.6 is 0 Å². The highest BCUT2D eigenvalue weighted by Crippen LogP contribution is 2.27. The van der Waals surface area contributed by atoms with Crippen molar-refractivity contribution in [3.8, 4) is 0 Å². The molecule has 0 unspecified atom stereocenters. The van der Waals surface area contributed by atoms with Gasteiger partial charge in [0.05, 0.1) is 0 Å². The molecule has 0 atom stereocenters. The lowest BCUT2D eigenvalue weighted by Crippen LogP contribution is -2.32. The van der Waals surface area contributed by atoms with E-state index in [1.807, 2.05) is 36.1 Å². The monoisotopic (exact) mass is 274 g/mol. The van der Waals surface area contributed by atoms with E-state index in [4.69, 9.17) is 5.73 Å². The van der Waals surface area contributed by atoms with E-state index in [2.05, 4.69) is 0 Å². The second-order valence-corrected chi connectivity index (χ2v) is 5.79. The van der Waals surface area contributed by atoms with Crippen molar-refractivity contribution in [2.24, 2.45) is 5.92 Å². The number of nitrogen functional groups attached to an aromatic ring is 1. The average Bonchev–Trinajstić information content (AvgIpc) is 2.70. The van der Waals surface area contributed by atoms with E-state index in [1.54, 1.807) is 0 Å². The van der Waals surface area contributed by atoms with Gasteiger partial charge in [-0.3, -0.25) is 4.79 Å². The summed E-state index contributed by atoms with van der Waals surface area (Å²) in [5.74, 6) is 0.831. The highest BCUT2D eigenvalue weighted by atomic mass is 16.2. The average molecular weight is 274 g/mol. The molecular weight excluding hydrogens is 248 g/mol. The van der Waals surface area contributed by atoms with Gasteiger partial charge in [0.25, 0.3) is 0 Å². The molecular formula is C17H26N2O. The van der Waals surface area contributed by atoms with Crippen LogP contribution in [0.25, 0.3) is 0 Å². The van der Waals surface area contributed by atoms with Gasteiger partial charge < -0.3 is 10.6 Å². The van der Waals surface area contributed by atoms with Gasteiger partial charge in [0.2, 0.25) is 5.91 Å². The third-order valence-corrected chi connectivity index (χ3v) is 4.26. The van der Waals surface area contributed by atoms with Crippen LogP contribution < -0.4 is 10.6 Å². The molecule has 1 amide bonds. The molecule has 3 heteroatoms. The van der Waals surface area contributed by atoms with Gasteiger partial charge in [0.1, 0.15) is 0 Å². The molecule has 20 heavy (non-hydrogen) atoms. The zero-order valence-electron chi connectivity index (χ0n) is 12.5. The summed E-state index contributed by atoms with van der Waals surface area (Å²) in [6.07, 6.45) is 8.35. The maximum absolute atomic E-state index is 12.5. The summed E-state index contributed by atoms with van der Waals surface area (Å²) < 4.78 is 0. The third kappa shape index (κ3) is 3.99. The Morgan fingerprint density at radius 2 is 1.75 bits per heavy atom. The van der Waals surface area contributed by atoms with Gasteiger partial charge in [-0.25, -0.2) is 0 Å². The topological polar surface area (TPSA) is 46.3 Å². The Morgan fingerprint density at radius 1 is 1.15 bits per heavy atom. The fourth-order valence-electron chi connectivity index (χ4n) is 3.08. The summed E-state index contributed by atoms with van der Waals surface area (Å²) >= 11 is 0. The van der Waals surface area contributed by atoms with Crippen LogP contribution in [0.1, 0.15) is 51.9 Å².